The molecule has 48 heavy (non-hydrogen) atoms. The molecule has 0 spiro atoms. The van der Waals surface area contributed by atoms with E-state index in [0.717, 1.165) is 55.6 Å². The highest BCUT2D eigenvalue weighted by molar-refractivity contribution is 7.26. The molecule has 7 aromatic carbocycles. The number of oxazole rings is 1. The van der Waals surface area contributed by atoms with E-state index in [1.165, 1.54) is 25.7 Å². The summed E-state index contributed by atoms with van der Waals surface area (Å²) in [6.45, 7) is 0. The average molecular weight is 635 g/mol. The summed E-state index contributed by atoms with van der Waals surface area (Å²) in [5.41, 5.74) is 9.29. The van der Waals surface area contributed by atoms with Crippen LogP contribution in [0.3, 0.4) is 0 Å². The van der Waals surface area contributed by atoms with Crippen molar-refractivity contribution in [3.63, 3.8) is 0 Å². The number of nitrogens with zero attached hydrogens (tertiary/aromatic N) is 2. The summed E-state index contributed by atoms with van der Waals surface area (Å²) in [6.07, 6.45) is 0. The molecule has 4 nitrogen and oxygen atoms in total. The number of thiophene rings is 1. The summed E-state index contributed by atoms with van der Waals surface area (Å²) >= 11 is 1.81. The Morgan fingerprint density at radius 1 is 0.500 bits per heavy atom. The van der Waals surface area contributed by atoms with Crippen molar-refractivity contribution < 1.29 is 8.83 Å². The highest BCUT2D eigenvalue weighted by Gasteiger charge is 2.26. The van der Waals surface area contributed by atoms with Crippen LogP contribution in [0.4, 0.5) is 17.1 Å². The van der Waals surface area contributed by atoms with Crippen LogP contribution in [-0.4, -0.2) is 4.98 Å². The molecule has 10 rings (SSSR count). The highest BCUT2D eigenvalue weighted by Crippen LogP contribution is 2.49. The van der Waals surface area contributed by atoms with Crippen LogP contribution in [0.1, 0.15) is 0 Å². The Kier molecular flexibility index (Phi) is 6.01. The number of para-hydroxylation sites is 1. The zero-order valence-electron chi connectivity index (χ0n) is 25.6. The van der Waals surface area contributed by atoms with Crippen molar-refractivity contribution >= 4 is 81.6 Å². The van der Waals surface area contributed by atoms with Gasteiger partial charge in [-0.1, -0.05) is 109 Å². The number of fused-ring (bicyclic) bond motifs is 8. The molecular formula is C43H26N2O2S. The van der Waals surface area contributed by atoms with Crippen LogP contribution in [0.25, 0.3) is 75.8 Å². The summed E-state index contributed by atoms with van der Waals surface area (Å²) in [6, 6.07) is 54.8. The first-order valence-corrected chi connectivity index (χ1v) is 16.8. The maximum absolute atomic E-state index is 6.71. The molecular weight excluding hydrogens is 609 g/mol. The molecule has 10 aromatic rings. The standard InChI is InChI=1S/C43H26N2O2S/c1-3-12-27(13-4-1)28-22-24-30(25-23-28)45(34-19-11-18-32-31-16-8-10-21-38(31)48-42(32)34)35-26-37-39(33-17-7-9-20-36(33)46-37)41-40(35)44-43(47-41)29-14-5-2-6-15-29/h1-26H. The van der Waals surface area contributed by atoms with Gasteiger partial charge in [-0.3, -0.25) is 0 Å². The monoisotopic (exact) mass is 634 g/mol. The van der Waals surface area contributed by atoms with Crippen molar-refractivity contribution in [3.8, 4) is 22.6 Å². The molecule has 0 aliphatic carbocycles. The van der Waals surface area contributed by atoms with Crippen LogP contribution in [-0.2, 0) is 0 Å². The first-order valence-electron chi connectivity index (χ1n) is 16.0. The van der Waals surface area contributed by atoms with Gasteiger partial charge in [-0.25, -0.2) is 4.98 Å². The van der Waals surface area contributed by atoms with Gasteiger partial charge in [0.15, 0.2) is 5.58 Å². The van der Waals surface area contributed by atoms with Crippen LogP contribution in [0.5, 0.6) is 0 Å². The van der Waals surface area contributed by atoms with Gasteiger partial charge in [-0.15, -0.1) is 11.3 Å². The van der Waals surface area contributed by atoms with Crippen molar-refractivity contribution in [2.45, 2.75) is 0 Å². The minimum Gasteiger partial charge on any atom is -0.456 e. The first-order chi connectivity index (χ1) is 23.8. The number of rotatable bonds is 5. The topological polar surface area (TPSA) is 42.4 Å². The molecule has 3 aromatic heterocycles. The molecule has 0 fully saturated rings. The van der Waals surface area contributed by atoms with Crippen molar-refractivity contribution in [2.75, 3.05) is 4.90 Å². The summed E-state index contributed by atoms with van der Waals surface area (Å²) in [5.74, 6) is 0.573. The smallest absolute Gasteiger partial charge is 0.227 e. The molecule has 0 saturated heterocycles. The Balaban J connectivity index is 1.29. The van der Waals surface area contributed by atoms with E-state index < -0.39 is 0 Å². The average Bonchev–Trinajstić information content (AvgIpc) is 3.87. The second-order valence-corrected chi connectivity index (χ2v) is 13.0. The van der Waals surface area contributed by atoms with Gasteiger partial charge in [0, 0.05) is 38.2 Å². The molecule has 0 bridgehead atoms. The molecule has 0 aliphatic heterocycles. The third-order valence-electron chi connectivity index (χ3n) is 9.11. The van der Waals surface area contributed by atoms with Gasteiger partial charge in [-0.05, 0) is 53.6 Å². The van der Waals surface area contributed by atoms with Crippen molar-refractivity contribution in [3.05, 3.63) is 158 Å². The van der Waals surface area contributed by atoms with Crippen LogP contribution in [0, 0.1) is 0 Å². The number of furan rings is 1. The quantitative estimate of drug-likeness (QED) is 0.189. The lowest BCUT2D eigenvalue weighted by atomic mass is 10.0. The zero-order chi connectivity index (χ0) is 31.6. The molecule has 0 aliphatic rings. The van der Waals surface area contributed by atoms with Gasteiger partial charge in [-0.2, -0.15) is 0 Å². The van der Waals surface area contributed by atoms with Crippen LogP contribution >= 0.6 is 11.3 Å². The van der Waals surface area contributed by atoms with E-state index in [2.05, 4.69) is 108 Å². The zero-order valence-corrected chi connectivity index (χ0v) is 26.4. The predicted molar refractivity (Wildman–Crippen MR) is 200 cm³/mol. The van der Waals surface area contributed by atoms with Gasteiger partial charge < -0.3 is 13.7 Å². The van der Waals surface area contributed by atoms with Gasteiger partial charge in [0.05, 0.1) is 21.5 Å². The van der Waals surface area contributed by atoms with Crippen LogP contribution in [0.15, 0.2) is 167 Å². The highest BCUT2D eigenvalue weighted by atomic mass is 32.1. The number of benzene rings is 7. The van der Waals surface area contributed by atoms with E-state index in [1.807, 2.05) is 65.9 Å². The molecule has 0 radical (unpaired) electrons. The summed E-state index contributed by atoms with van der Waals surface area (Å²) in [7, 11) is 0. The molecule has 226 valence electrons. The van der Waals surface area contributed by atoms with Gasteiger partial charge >= 0.3 is 0 Å². The molecule has 5 heteroatoms. The van der Waals surface area contributed by atoms with Gasteiger partial charge in [0.2, 0.25) is 5.89 Å². The Morgan fingerprint density at radius 3 is 1.98 bits per heavy atom. The second-order valence-electron chi connectivity index (χ2n) is 11.9. The summed E-state index contributed by atoms with van der Waals surface area (Å²) in [4.78, 5) is 7.55. The SMILES string of the molecule is c1ccc(-c2ccc(N(c3cc4oc5ccccc5c4c4oc(-c5ccccc5)nc34)c3cccc4c3sc3ccccc34)cc2)cc1. The Labute approximate surface area is 279 Å². The fourth-order valence-corrected chi connectivity index (χ4v) is 8.09. The van der Waals surface area contributed by atoms with E-state index in [4.69, 9.17) is 13.8 Å². The third-order valence-corrected chi connectivity index (χ3v) is 10.3. The molecule has 0 N–H and O–H groups in total. The Morgan fingerprint density at radius 2 is 1.17 bits per heavy atom. The van der Waals surface area contributed by atoms with Crippen LogP contribution in [0.2, 0.25) is 0 Å². The van der Waals surface area contributed by atoms with Gasteiger partial charge in [0.25, 0.3) is 0 Å². The fourth-order valence-electron chi connectivity index (χ4n) is 6.88. The minimum absolute atomic E-state index is 0.573. The van der Waals surface area contributed by atoms with Gasteiger partial charge in [0.1, 0.15) is 16.7 Å². The van der Waals surface area contributed by atoms with Crippen molar-refractivity contribution in [1.82, 2.24) is 4.98 Å². The minimum atomic E-state index is 0.573. The largest absolute Gasteiger partial charge is 0.456 e. The van der Waals surface area contributed by atoms with Crippen LogP contribution < -0.4 is 4.90 Å². The van der Waals surface area contributed by atoms with E-state index in [-0.39, 0.29) is 0 Å². The normalized spacial score (nSPS) is 11.8. The number of aromatic nitrogens is 1. The number of anilines is 3. The predicted octanol–water partition coefficient (Wildman–Crippen LogP) is 12.9. The molecule has 0 saturated carbocycles. The molecule has 0 unspecified atom stereocenters. The third kappa shape index (κ3) is 4.18. The van der Waals surface area contributed by atoms with E-state index >= 15 is 0 Å². The lowest BCUT2D eigenvalue weighted by molar-refractivity contribution is 0.622. The Bertz CT molecular complexity index is 2780. The maximum atomic E-state index is 6.71. The second kappa shape index (κ2) is 10.7. The molecule has 0 amide bonds. The Hall–Kier alpha value is -6.17. The number of hydrogen-bond acceptors (Lipinski definition) is 5. The molecule has 3 heterocycles. The van der Waals surface area contributed by atoms with E-state index in [0.29, 0.717) is 11.5 Å². The van der Waals surface area contributed by atoms with E-state index in [1.54, 1.807) is 0 Å². The molecule has 0 atom stereocenters. The fraction of sp³-hybridized carbons (Fsp3) is 0. The van der Waals surface area contributed by atoms with Crippen molar-refractivity contribution in [1.29, 1.82) is 0 Å². The maximum Gasteiger partial charge on any atom is 0.227 e. The lowest BCUT2D eigenvalue weighted by Crippen LogP contribution is -2.10. The lowest BCUT2D eigenvalue weighted by Gasteiger charge is -2.26. The number of hydrogen-bond donors (Lipinski definition) is 0. The summed E-state index contributed by atoms with van der Waals surface area (Å²) < 4.78 is 15.7. The van der Waals surface area contributed by atoms with Crippen molar-refractivity contribution in [2.24, 2.45) is 0 Å². The first kappa shape index (κ1) is 27.0. The van der Waals surface area contributed by atoms with E-state index in [9.17, 15) is 0 Å². The summed E-state index contributed by atoms with van der Waals surface area (Å²) in [5, 5.41) is 4.42.